The normalized spacial score (nSPS) is 23.7. The largest absolute Gasteiger partial charge is 0.481 e. The van der Waals surface area contributed by atoms with Crippen LogP contribution in [0.3, 0.4) is 0 Å². The fourth-order valence-corrected chi connectivity index (χ4v) is 3.28. The van der Waals surface area contributed by atoms with Gasteiger partial charge in [0.2, 0.25) is 0 Å². The maximum Gasteiger partial charge on any atom is 0.320 e. The Bertz CT molecular complexity index is 392. The van der Waals surface area contributed by atoms with E-state index in [4.69, 9.17) is 0 Å². The minimum absolute atomic E-state index is 0.0837. The number of piperidine rings is 1. The van der Waals surface area contributed by atoms with Crippen LogP contribution in [0.25, 0.3) is 0 Å². The minimum atomic E-state index is -0.714. The lowest BCUT2D eigenvalue weighted by Crippen LogP contribution is -2.51. The molecule has 0 unspecified atom stereocenters. The number of likely N-dealkylation sites (tertiary alicyclic amines) is 1. The Morgan fingerprint density at radius 1 is 1.00 bits per heavy atom. The Morgan fingerprint density at radius 2 is 1.62 bits per heavy atom. The third-order valence-corrected chi connectivity index (χ3v) is 5.11. The number of carbonyl (C=O) groups excluding carboxylic acids is 1. The quantitative estimate of drug-likeness (QED) is 0.835. The Balaban J connectivity index is 1.92. The fraction of sp³-hybridized carbons (Fsp3) is 0.867. The van der Waals surface area contributed by atoms with Crippen LogP contribution in [0.2, 0.25) is 0 Å². The lowest BCUT2D eigenvalue weighted by molar-refractivity contribution is -0.152. The molecule has 2 aliphatic heterocycles. The van der Waals surface area contributed by atoms with Gasteiger partial charge in [0.05, 0.1) is 5.41 Å². The van der Waals surface area contributed by atoms with Gasteiger partial charge in [0.25, 0.3) is 0 Å². The first-order chi connectivity index (χ1) is 9.98. The molecule has 2 heterocycles. The summed E-state index contributed by atoms with van der Waals surface area (Å²) in [5.41, 5.74) is -0.629. The number of urea groups is 1. The van der Waals surface area contributed by atoms with Crippen LogP contribution in [0.5, 0.6) is 0 Å². The molecule has 21 heavy (non-hydrogen) atoms. The number of hydrogen-bond donors (Lipinski definition) is 1. The van der Waals surface area contributed by atoms with Gasteiger partial charge < -0.3 is 19.8 Å². The van der Waals surface area contributed by atoms with Crippen LogP contribution in [-0.4, -0.2) is 78.1 Å². The predicted octanol–water partition coefficient (Wildman–Crippen LogP) is 1.32. The van der Waals surface area contributed by atoms with Crippen LogP contribution in [0.4, 0.5) is 4.79 Å². The number of carboxylic acid groups (broad SMARTS) is 1. The van der Waals surface area contributed by atoms with E-state index in [1.165, 1.54) is 0 Å². The van der Waals surface area contributed by atoms with E-state index in [1.807, 2.05) is 16.7 Å². The molecule has 6 heteroatoms. The van der Waals surface area contributed by atoms with Crippen molar-refractivity contribution in [2.45, 2.75) is 32.6 Å². The van der Waals surface area contributed by atoms with E-state index < -0.39 is 11.4 Å². The van der Waals surface area contributed by atoms with Crippen molar-refractivity contribution in [3.8, 4) is 0 Å². The Labute approximate surface area is 126 Å². The van der Waals surface area contributed by atoms with Crippen molar-refractivity contribution in [1.82, 2.24) is 14.7 Å². The van der Waals surface area contributed by atoms with E-state index in [0.717, 1.165) is 32.6 Å². The van der Waals surface area contributed by atoms with Gasteiger partial charge in [0.1, 0.15) is 0 Å². The molecule has 0 aliphatic carbocycles. The second-order valence-electron chi connectivity index (χ2n) is 6.35. The number of hydrogen-bond acceptors (Lipinski definition) is 3. The summed E-state index contributed by atoms with van der Waals surface area (Å²) in [6.07, 6.45) is 2.78. The molecule has 1 N–H and O–H groups in total. The number of likely N-dealkylation sites (N-methyl/N-ethyl adjacent to an activating group) is 1. The van der Waals surface area contributed by atoms with Crippen molar-refractivity contribution < 1.29 is 14.7 Å². The van der Waals surface area contributed by atoms with E-state index >= 15 is 0 Å². The molecular formula is C15H27N3O3. The average molecular weight is 297 g/mol. The van der Waals surface area contributed by atoms with Crippen molar-refractivity contribution in [2.75, 3.05) is 46.3 Å². The molecule has 6 nitrogen and oxygen atoms in total. The van der Waals surface area contributed by atoms with Crippen LogP contribution in [0.1, 0.15) is 32.6 Å². The monoisotopic (exact) mass is 297 g/mol. The van der Waals surface area contributed by atoms with Crippen LogP contribution in [0, 0.1) is 5.41 Å². The molecule has 0 aromatic carbocycles. The van der Waals surface area contributed by atoms with E-state index in [0.29, 0.717) is 32.4 Å². The average Bonchev–Trinajstić information content (AvgIpc) is 2.71. The van der Waals surface area contributed by atoms with E-state index in [9.17, 15) is 14.7 Å². The van der Waals surface area contributed by atoms with Crippen molar-refractivity contribution >= 4 is 12.0 Å². The van der Waals surface area contributed by atoms with Crippen molar-refractivity contribution in [3.63, 3.8) is 0 Å². The lowest BCUT2D eigenvalue weighted by atomic mass is 9.76. The summed E-state index contributed by atoms with van der Waals surface area (Å²) < 4.78 is 0. The molecule has 0 atom stereocenters. The maximum atomic E-state index is 12.6. The number of nitrogens with zero attached hydrogens (tertiary/aromatic N) is 3. The molecule has 2 fully saturated rings. The summed E-state index contributed by atoms with van der Waals surface area (Å²) in [5.74, 6) is -0.714. The van der Waals surface area contributed by atoms with Gasteiger partial charge in [-0.1, -0.05) is 6.92 Å². The maximum absolute atomic E-state index is 12.6. The zero-order valence-corrected chi connectivity index (χ0v) is 13.2. The number of carboxylic acids is 1. The van der Waals surface area contributed by atoms with Crippen LogP contribution in [-0.2, 0) is 4.79 Å². The van der Waals surface area contributed by atoms with Crippen molar-refractivity contribution in [1.29, 1.82) is 0 Å². The van der Waals surface area contributed by atoms with Crippen molar-refractivity contribution in [2.24, 2.45) is 5.41 Å². The highest BCUT2D eigenvalue weighted by molar-refractivity contribution is 5.77. The second kappa shape index (κ2) is 6.64. The number of carbonyl (C=O) groups is 2. The van der Waals surface area contributed by atoms with Gasteiger partial charge in [-0.05, 0) is 39.3 Å². The molecule has 0 radical (unpaired) electrons. The van der Waals surface area contributed by atoms with Gasteiger partial charge in [0, 0.05) is 32.7 Å². The first kappa shape index (κ1) is 16.1. The van der Waals surface area contributed by atoms with Crippen LogP contribution >= 0.6 is 0 Å². The van der Waals surface area contributed by atoms with Crippen molar-refractivity contribution in [3.05, 3.63) is 0 Å². The van der Waals surface area contributed by atoms with E-state index in [1.54, 1.807) is 0 Å². The summed E-state index contributed by atoms with van der Waals surface area (Å²) in [6, 6.07) is 0.0837. The fourth-order valence-electron chi connectivity index (χ4n) is 3.28. The highest BCUT2D eigenvalue weighted by Crippen LogP contribution is 2.35. The molecule has 2 aliphatic rings. The summed E-state index contributed by atoms with van der Waals surface area (Å²) in [6.45, 7) is 6.56. The third-order valence-electron chi connectivity index (χ3n) is 5.11. The molecule has 0 bridgehead atoms. The van der Waals surface area contributed by atoms with Gasteiger partial charge in [-0.2, -0.15) is 0 Å². The second-order valence-corrected chi connectivity index (χ2v) is 6.35. The topological polar surface area (TPSA) is 64.1 Å². The Morgan fingerprint density at radius 3 is 2.19 bits per heavy atom. The highest BCUT2D eigenvalue weighted by Gasteiger charge is 2.41. The molecule has 0 spiro atoms. The van der Waals surface area contributed by atoms with Crippen LogP contribution < -0.4 is 0 Å². The number of amides is 2. The summed E-state index contributed by atoms with van der Waals surface area (Å²) in [4.78, 5) is 30.0. The Hall–Kier alpha value is -1.30. The summed E-state index contributed by atoms with van der Waals surface area (Å²) >= 11 is 0. The molecule has 120 valence electrons. The highest BCUT2D eigenvalue weighted by atomic mass is 16.4. The number of rotatable bonds is 2. The summed E-state index contributed by atoms with van der Waals surface area (Å²) in [7, 11) is 2.08. The Kier molecular flexibility index (Phi) is 5.08. The first-order valence-corrected chi connectivity index (χ1v) is 7.94. The summed E-state index contributed by atoms with van der Waals surface area (Å²) in [5, 5.41) is 9.41. The van der Waals surface area contributed by atoms with Gasteiger partial charge in [-0.25, -0.2) is 4.79 Å². The SMILES string of the molecule is CCC1(C(=O)O)CCN(C(=O)N2CCCN(C)CC2)CC1. The lowest BCUT2D eigenvalue weighted by Gasteiger charge is -2.40. The first-order valence-electron chi connectivity index (χ1n) is 7.94. The zero-order valence-electron chi connectivity index (χ0n) is 13.2. The number of aliphatic carboxylic acids is 1. The molecular weight excluding hydrogens is 270 g/mol. The third kappa shape index (κ3) is 3.48. The molecule has 2 saturated heterocycles. The molecule has 0 aromatic rings. The molecule has 2 rings (SSSR count). The van der Waals surface area contributed by atoms with Gasteiger partial charge >= 0.3 is 12.0 Å². The molecule has 0 aromatic heterocycles. The van der Waals surface area contributed by atoms with Gasteiger partial charge in [0.15, 0.2) is 0 Å². The van der Waals surface area contributed by atoms with Crippen LogP contribution in [0.15, 0.2) is 0 Å². The van der Waals surface area contributed by atoms with Gasteiger partial charge in [-0.3, -0.25) is 4.79 Å². The smallest absolute Gasteiger partial charge is 0.320 e. The molecule has 0 saturated carbocycles. The van der Waals surface area contributed by atoms with Gasteiger partial charge in [-0.15, -0.1) is 0 Å². The van der Waals surface area contributed by atoms with E-state index in [2.05, 4.69) is 11.9 Å². The van der Waals surface area contributed by atoms with E-state index in [-0.39, 0.29) is 6.03 Å². The zero-order chi connectivity index (χ0) is 15.5. The predicted molar refractivity (Wildman–Crippen MR) is 80.2 cm³/mol. The standard InChI is InChI=1S/C15H27N3O3/c1-3-15(13(19)20)5-9-18(10-6-15)14(21)17-8-4-7-16(2)11-12-17/h3-12H2,1-2H3,(H,19,20). The molecule has 2 amide bonds. The minimum Gasteiger partial charge on any atom is -0.481 e.